The molecule has 1 N–H and O–H groups in total. The fraction of sp³-hybridized carbons (Fsp3) is 0.455. The highest BCUT2D eigenvalue weighted by atomic mass is 32.2. The summed E-state index contributed by atoms with van der Waals surface area (Å²) in [6.07, 6.45) is 1.78. The maximum absolute atomic E-state index is 13.3. The number of furan rings is 1. The van der Waals surface area contributed by atoms with Gasteiger partial charge in [0.1, 0.15) is 11.5 Å². The van der Waals surface area contributed by atoms with Crippen LogP contribution in [0.25, 0.3) is 0 Å². The highest BCUT2D eigenvalue weighted by molar-refractivity contribution is 7.89. The Hall–Kier alpha value is -2.85. The number of piperidine rings is 1. The molecule has 9 nitrogen and oxygen atoms in total. The lowest BCUT2D eigenvalue weighted by atomic mass is 9.96. The van der Waals surface area contributed by atoms with Crippen molar-refractivity contribution in [3.05, 3.63) is 41.9 Å². The highest BCUT2D eigenvalue weighted by Crippen LogP contribution is 2.36. The van der Waals surface area contributed by atoms with Crippen molar-refractivity contribution in [2.75, 3.05) is 25.5 Å². The molecule has 1 saturated heterocycles. The van der Waals surface area contributed by atoms with Gasteiger partial charge in [0.05, 0.1) is 23.4 Å². The molecule has 4 rings (SSSR count). The zero-order valence-corrected chi connectivity index (χ0v) is 19.1. The Kier molecular flexibility index (Phi) is 6.00. The molecule has 172 valence electrons. The van der Waals surface area contributed by atoms with Gasteiger partial charge in [0.25, 0.3) is 5.91 Å². The van der Waals surface area contributed by atoms with Crippen molar-refractivity contribution in [1.82, 2.24) is 9.21 Å². The predicted molar refractivity (Wildman–Crippen MR) is 117 cm³/mol. The van der Waals surface area contributed by atoms with E-state index in [9.17, 15) is 18.0 Å². The first kappa shape index (κ1) is 22.3. The lowest BCUT2D eigenvalue weighted by molar-refractivity contribution is -0.136. The van der Waals surface area contributed by atoms with Crippen LogP contribution in [0.2, 0.25) is 0 Å². The second kappa shape index (κ2) is 8.59. The summed E-state index contributed by atoms with van der Waals surface area (Å²) >= 11 is 0. The van der Waals surface area contributed by atoms with E-state index in [1.165, 1.54) is 10.4 Å². The molecule has 0 aliphatic carbocycles. The van der Waals surface area contributed by atoms with Crippen molar-refractivity contribution in [2.24, 2.45) is 5.92 Å². The van der Waals surface area contributed by atoms with Crippen molar-refractivity contribution in [3.63, 3.8) is 0 Å². The molecular formula is C22H27N3O6S. The molecule has 1 atom stereocenters. The molecule has 1 aromatic carbocycles. The summed E-state index contributed by atoms with van der Waals surface area (Å²) in [4.78, 5) is 26.4. The van der Waals surface area contributed by atoms with Gasteiger partial charge in [-0.1, -0.05) is 0 Å². The number of hydrogen-bond acceptors (Lipinski definition) is 6. The highest BCUT2D eigenvalue weighted by Gasteiger charge is 2.35. The van der Waals surface area contributed by atoms with Crippen LogP contribution in [0.5, 0.6) is 5.75 Å². The van der Waals surface area contributed by atoms with Gasteiger partial charge in [-0.15, -0.1) is 0 Å². The lowest BCUT2D eigenvalue weighted by Crippen LogP contribution is -2.43. The molecule has 0 spiro atoms. The van der Waals surface area contributed by atoms with Crippen LogP contribution in [0.1, 0.15) is 31.1 Å². The minimum Gasteiger partial charge on any atom is -0.479 e. The van der Waals surface area contributed by atoms with Gasteiger partial charge in [-0.3, -0.25) is 9.59 Å². The summed E-state index contributed by atoms with van der Waals surface area (Å²) in [5.41, 5.74) is 0.993. The normalized spacial score (nSPS) is 19.7. The standard InChI is InChI=1S/C22H27N3O6S/c1-14-11-18-19(31-15(2)21(26)23-18)12-20(14)32(28,29)25-8-6-16(7-9-25)22(27)24(3)13-17-5-4-10-30-17/h4-5,10-12,15-16H,6-9,13H2,1-3H3,(H,23,26)/t15-/m0/s1. The molecule has 2 aliphatic heterocycles. The number of rotatable bonds is 5. The van der Waals surface area contributed by atoms with Gasteiger partial charge < -0.3 is 19.4 Å². The van der Waals surface area contributed by atoms with Gasteiger partial charge in [0.15, 0.2) is 6.10 Å². The number of amides is 2. The molecule has 2 amide bonds. The Morgan fingerprint density at radius 3 is 2.66 bits per heavy atom. The summed E-state index contributed by atoms with van der Waals surface area (Å²) in [7, 11) is -2.04. The van der Waals surface area contributed by atoms with Crippen LogP contribution in [0.4, 0.5) is 5.69 Å². The second-order valence-electron chi connectivity index (χ2n) is 8.32. The molecule has 0 saturated carbocycles. The first-order valence-electron chi connectivity index (χ1n) is 10.6. The molecular weight excluding hydrogens is 434 g/mol. The van der Waals surface area contributed by atoms with Crippen LogP contribution in [0.15, 0.2) is 39.8 Å². The minimum absolute atomic E-state index is 0.0125. The zero-order chi connectivity index (χ0) is 23.0. The minimum atomic E-state index is -3.77. The van der Waals surface area contributed by atoms with Gasteiger partial charge in [0, 0.05) is 32.1 Å². The topological polar surface area (TPSA) is 109 Å². The molecule has 1 aromatic heterocycles. The van der Waals surface area contributed by atoms with Crippen LogP contribution < -0.4 is 10.1 Å². The molecule has 1 fully saturated rings. The SMILES string of the molecule is Cc1cc2c(cc1S(=O)(=O)N1CCC(C(=O)N(C)Cc3ccco3)CC1)O[C@@H](C)C(=O)N2. The number of nitrogens with one attached hydrogen (secondary N) is 1. The zero-order valence-electron chi connectivity index (χ0n) is 18.3. The molecule has 2 aromatic rings. The quantitative estimate of drug-likeness (QED) is 0.732. The molecule has 0 unspecified atom stereocenters. The maximum atomic E-state index is 13.3. The summed E-state index contributed by atoms with van der Waals surface area (Å²) < 4.78 is 39.0. The van der Waals surface area contributed by atoms with Gasteiger partial charge in [-0.25, -0.2) is 8.42 Å². The number of carbonyl (C=O) groups excluding carboxylic acids is 2. The third-order valence-electron chi connectivity index (χ3n) is 5.98. The Morgan fingerprint density at radius 2 is 2.00 bits per heavy atom. The molecule has 2 aliphatic rings. The molecule has 10 heteroatoms. The lowest BCUT2D eigenvalue weighted by Gasteiger charge is -2.33. The summed E-state index contributed by atoms with van der Waals surface area (Å²) in [6.45, 7) is 4.21. The van der Waals surface area contributed by atoms with Crippen LogP contribution in [-0.2, 0) is 26.2 Å². The summed E-state index contributed by atoms with van der Waals surface area (Å²) in [5.74, 6) is 0.533. The van der Waals surface area contributed by atoms with Crippen LogP contribution in [0.3, 0.4) is 0 Å². The molecule has 0 bridgehead atoms. The van der Waals surface area contributed by atoms with Gasteiger partial charge in [0.2, 0.25) is 15.9 Å². The molecule has 32 heavy (non-hydrogen) atoms. The Morgan fingerprint density at radius 1 is 1.28 bits per heavy atom. The average Bonchev–Trinajstić information content (AvgIpc) is 3.27. The number of nitrogens with zero attached hydrogens (tertiary/aromatic N) is 2. The number of fused-ring (bicyclic) bond motifs is 1. The summed E-state index contributed by atoms with van der Waals surface area (Å²) in [6, 6.07) is 6.69. The number of carbonyl (C=O) groups is 2. The molecule has 3 heterocycles. The van der Waals surface area contributed by atoms with E-state index in [1.54, 1.807) is 44.2 Å². The number of aryl methyl sites for hydroxylation is 1. The van der Waals surface area contributed by atoms with Crippen LogP contribution in [-0.4, -0.2) is 55.7 Å². The van der Waals surface area contributed by atoms with E-state index in [0.29, 0.717) is 42.1 Å². The van der Waals surface area contributed by atoms with Crippen LogP contribution in [0, 0.1) is 12.8 Å². The monoisotopic (exact) mass is 461 g/mol. The van der Waals surface area contributed by atoms with Crippen molar-refractivity contribution >= 4 is 27.5 Å². The van der Waals surface area contributed by atoms with Crippen molar-refractivity contribution in [1.29, 1.82) is 0 Å². The fourth-order valence-electron chi connectivity index (χ4n) is 4.13. The maximum Gasteiger partial charge on any atom is 0.265 e. The van der Waals surface area contributed by atoms with Crippen LogP contribution >= 0.6 is 0 Å². The largest absolute Gasteiger partial charge is 0.479 e. The van der Waals surface area contributed by atoms with E-state index in [2.05, 4.69) is 5.32 Å². The first-order valence-corrected chi connectivity index (χ1v) is 12.0. The van der Waals surface area contributed by atoms with Crippen molar-refractivity contribution in [2.45, 2.75) is 44.2 Å². The fourth-order valence-corrected chi connectivity index (χ4v) is 5.82. The molecule has 0 radical (unpaired) electrons. The third kappa shape index (κ3) is 4.24. The van der Waals surface area contributed by atoms with Gasteiger partial charge in [-0.05, 0) is 50.5 Å². The van der Waals surface area contributed by atoms with Gasteiger partial charge in [-0.2, -0.15) is 4.31 Å². The van der Waals surface area contributed by atoms with E-state index in [-0.39, 0.29) is 35.7 Å². The summed E-state index contributed by atoms with van der Waals surface area (Å²) in [5, 5.41) is 2.73. The number of benzene rings is 1. The first-order chi connectivity index (χ1) is 15.2. The van der Waals surface area contributed by atoms with E-state index in [4.69, 9.17) is 9.15 Å². The van der Waals surface area contributed by atoms with E-state index in [0.717, 1.165) is 0 Å². The van der Waals surface area contributed by atoms with Gasteiger partial charge >= 0.3 is 0 Å². The average molecular weight is 462 g/mol. The second-order valence-corrected chi connectivity index (χ2v) is 10.2. The Labute approximate surface area is 187 Å². The van der Waals surface area contributed by atoms with E-state index in [1.807, 2.05) is 6.07 Å². The Balaban J connectivity index is 1.45. The van der Waals surface area contributed by atoms with E-state index < -0.39 is 16.1 Å². The number of ether oxygens (including phenoxy) is 1. The number of hydrogen-bond donors (Lipinski definition) is 1. The predicted octanol–water partition coefficient (Wildman–Crippen LogP) is 2.37. The van der Waals surface area contributed by atoms with E-state index >= 15 is 0 Å². The number of anilines is 1. The van der Waals surface area contributed by atoms with Crippen molar-refractivity contribution < 1.29 is 27.2 Å². The third-order valence-corrected chi connectivity index (χ3v) is 8.02. The Bertz CT molecular complexity index is 1120. The smallest absolute Gasteiger partial charge is 0.265 e. The van der Waals surface area contributed by atoms with Crippen molar-refractivity contribution in [3.8, 4) is 5.75 Å². The number of sulfonamides is 1.